The Balaban J connectivity index is 3.20. The zero-order chi connectivity index (χ0) is 17.4. The van der Waals surface area contributed by atoms with Crippen LogP contribution < -0.4 is 5.32 Å². The van der Waals surface area contributed by atoms with Gasteiger partial charge in [-0.1, -0.05) is 6.92 Å². The van der Waals surface area contributed by atoms with E-state index in [2.05, 4.69) is 5.32 Å². The van der Waals surface area contributed by atoms with Crippen molar-refractivity contribution in [3.63, 3.8) is 0 Å². The predicted molar refractivity (Wildman–Crippen MR) is 85.6 cm³/mol. The zero-order valence-electron chi connectivity index (χ0n) is 14.0. The van der Waals surface area contributed by atoms with Gasteiger partial charge in [0.15, 0.2) is 0 Å². The van der Waals surface area contributed by atoms with Crippen LogP contribution in [-0.4, -0.2) is 37.1 Å². The molecule has 6 nitrogen and oxygen atoms in total. The van der Waals surface area contributed by atoms with E-state index in [0.29, 0.717) is 0 Å². The Hall–Kier alpha value is -2.37. The highest BCUT2D eigenvalue weighted by atomic mass is 16.5. The number of benzene rings is 1. The van der Waals surface area contributed by atoms with E-state index in [-0.39, 0.29) is 41.9 Å². The van der Waals surface area contributed by atoms with Crippen molar-refractivity contribution < 1.29 is 23.9 Å². The van der Waals surface area contributed by atoms with E-state index in [4.69, 9.17) is 9.47 Å². The first-order valence-corrected chi connectivity index (χ1v) is 7.73. The summed E-state index contributed by atoms with van der Waals surface area (Å²) < 4.78 is 9.87. The molecule has 6 heteroatoms. The van der Waals surface area contributed by atoms with Gasteiger partial charge in [0.1, 0.15) is 0 Å². The van der Waals surface area contributed by atoms with Gasteiger partial charge in [-0.25, -0.2) is 9.59 Å². The first kappa shape index (κ1) is 18.7. The Morgan fingerprint density at radius 3 is 1.74 bits per heavy atom. The number of carbonyl (C=O) groups is 3. The summed E-state index contributed by atoms with van der Waals surface area (Å²) in [6, 6.07) is 4.19. The van der Waals surface area contributed by atoms with Crippen LogP contribution in [-0.2, 0) is 9.47 Å². The van der Waals surface area contributed by atoms with Crippen LogP contribution in [0.3, 0.4) is 0 Å². The predicted octanol–water partition coefficient (Wildman–Crippen LogP) is 2.57. The standard InChI is InChI=1S/C17H23NO5/c1-5-11(4)18-15(19)12-8-13(16(20)22-6-2)10-14(9-12)17(21)23-7-3/h8-11H,5-7H2,1-4H3,(H,18,19). The van der Waals surface area contributed by atoms with Crippen molar-refractivity contribution in [1.82, 2.24) is 5.32 Å². The Morgan fingerprint density at radius 1 is 0.913 bits per heavy atom. The van der Waals surface area contributed by atoms with Crippen molar-refractivity contribution in [2.24, 2.45) is 0 Å². The lowest BCUT2D eigenvalue weighted by atomic mass is 10.0. The minimum Gasteiger partial charge on any atom is -0.462 e. The molecule has 1 atom stereocenters. The molecule has 1 N–H and O–H groups in total. The quantitative estimate of drug-likeness (QED) is 0.781. The maximum absolute atomic E-state index is 12.3. The summed E-state index contributed by atoms with van der Waals surface area (Å²) >= 11 is 0. The van der Waals surface area contributed by atoms with E-state index in [0.717, 1.165) is 6.42 Å². The van der Waals surface area contributed by atoms with Crippen LogP contribution in [0, 0.1) is 0 Å². The van der Waals surface area contributed by atoms with Crippen LogP contribution >= 0.6 is 0 Å². The largest absolute Gasteiger partial charge is 0.462 e. The van der Waals surface area contributed by atoms with Gasteiger partial charge in [0, 0.05) is 11.6 Å². The highest BCUT2D eigenvalue weighted by molar-refractivity contribution is 6.02. The first-order valence-electron chi connectivity index (χ1n) is 7.73. The van der Waals surface area contributed by atoms with Crippen LogP contribution in [0.4, 0.5) is 0 Å². The van der Waals surface area contributed by atoms with Crippen molar-refractivity contribution in [3.05, 3.63) is 34.9 Å². The summed E-state index contributed by atoms with van der Waals surface area (Å²) in [4.78, 5) is 36.1. The van der Waals surface area contributed by atoms with E-state index in [1.807, 2.05) is 13.8 Å². The molecule has 1 amide bonds. The fraction of sp³-hybridized carbons (Fsp3) is 0.471. The fourth-order valence-electron chi connectivity index (χ4n) is 1.83. The second-order valence-electron chi connectivity index (χ2n) is 5.02. The van der Waals surface area contributed by atoms with E-state index in [1.54, 1.807) is 13.8 Å². The van der Waals surface area contributed by atoms with Gasteiger partial charge in [0.05, 0.1) is 24.3 Å². The molecule has 1 rings (SSSR count). The number of nitrogens with one attached hydrogen (secondary N) is 1. The van der Waals surface area contributed by atoms with Crippen LogP contribution in [0.15, 0.2) is 18.2 Å². The summed E-state index contributed by atoms with van der Waals surface area (Å²) in [6.07, 6.45) is 0.772. The van der Waals surface area contributed by atoms with E-state index in [9.17, 15) is 14.4 Å². The summed E-state index contributed by atoms with van der Waals surface area (Å²) in [5.74, 6) is -1.52. The van der Waals surface area contributed by atoms with Gasteiger partial charge in [-0.2, -0.15) is 0 Å². The summed E-state index contributed by atoms with van der Waals surface area (Å²) in [6.45, 7) is 7.60. The van der Waals surface area contributed by atoms with Crippen molar-refractivity contribution in [2.75, 3.05) is 13.2 Å². The van der Waals surface area contributed by atoms with Crippen molar-refractivity contribution in [2.45, 2.75) is 40.2 Å². The molecule has 1 aromatic rings. The molecule has 0 bridgehead atoms. The molecule has 126 valence electrons. The molecule has 0 aliphatic carbocycles. The molecule has 0 aliphatic rings. The van der Waals surface area contributed by atoms with Crippen molar-refractivity contribution in [1.29, 1.82) is 0 Å². The number of ether oxygens (including phenoxy) is 2. The molecule has 0 saturated heterocycles. The van der Waals surface area contributed by atoms with E-state index >= 15 is 0 Å². The topological polar surface area (TPSA) is 81.7 Å². The highest BCUT2D eigenvalue weighted by Crippen LogP contribution is 2.14. The molecular weight excluding hydrogens is 298 g/mol. The average Bonchev–Trinajstić information content (AvgIpc) is 2.54. The fourth-order valence-corrected chi connectivity index (χ4v) is 1.83. The smallest absolute Gasteiger partial charge is 0.338 e. The average molecular weight is 321 g/mol. The molecule has 0 aliphatic heterocycles. The van der Waals surface area contributed by atoms with Crippen LogP contribution in [0.2, 0.25) is 0 Å². The summed E-state index contributed by atoms with van der Waals surface area (Å²) in [5, 5.41) is 2.80. The molecule has 1 aromatic carbocycles. The van der Waals surface area contributed by atoms with E-state index < -0.39 is 11.9 Å². The van der Waals surface area contributed by atoms with Gasteiger partial charge < -0.3 is 14.8 Å². The van der Waals surface area contributed by atoms with Crippen LogP contribution in [0.5, 0.6) is 0 Å². The lowest BCUT2D eigenvalue weighted by molar-refractivity contribution is 0.0525. The number of rotatable bonds is 7. The third kappa shape index (κ3) is 5.39. The van der Waals surface area contributed by atoms with Crippen molar-refractivity contribution >= 4 is 17.8 Å². The number of hydrogen-bond donors (Lipinski definition) is 1. The second-order valence-corrected chi connectivity index (χ2v) is 5.02. The molecule has 0 heterocycles. The molecule has 0 fully saturated rings. The van der Waals surface area contributed by atoms with Crippen molar-refractivity contribution in [3.8, 4) is 0 Å². The molecule has 0 aromatic heterocycles. The second kappa shape index (κ2) is 8.92. The highest BCUT2D eigenvalue weighted by Gasteiger charge is 2.18. The third-order valence-corrected chi connectivity index (χ3v) is 3.21. The number of esters is 2. The first-order chi connectivity index (χ1) is 10.9. The van der Waals surface area contributed by atoms with Gasteiger partial charge in [0.25, 0.3) is 5.91 Å². The minimum absolute atomic E-state index is 0.0141. The molecule has 0 radical (unpaired) electrons. The van der Waals surface area contributed by atoms with Crippen LogP contribution in [0.25, 0.3) is 0 Å². The Bertz CT molecular complexity index is 546. The zero-order valence-corrected chi connectivity index (χ0v) is 14.0. The lowest BCUT2D eigenvalue weighted by Crippen LogP contribution is -2.32. The number of carbonyl (C=O) groups excluding carboxylic acids is 3. The third-order valence-electron chi connectivity index (χ3n) is 3.21. The summed E-state index contributed by atoms with van der Waals surface area (Å²) in [7, 11) is 0. The minimum atomic E-state index is -0.587. The van der Waals surface area contributed by atoms with Gasteiger partial charge in [-0.3, -0.25) is 4.79 Å². The molecular formula is C17H23NO5. The lowest BCUT2D eigenvalue weighted by Gasteiger charge is -2.13. The maximum atomic E-state index is 12.3. The molecule has 0 spiro atoms. The molecule has 0 saturated carbocycles. The molecule has 23 heavy (non-hydrogen) atoms. The maximum Gasteiger partial charge on any atom is 0.338 e. The molecule has 1 unspecified atom stereocenters. The number of amides is 1. The summed E-state index contributed by atoms with van der Waals surface area (Å²) in [5.41, 5.74) is 0.511. The van der Waals surface area contributed by atoms with Gasteiger partial charge >= 0.3 is 11.9 Å². The van der Waals surface area contributed by atoms with E-state index in [1.165, 1.54) is 18.2 Å². The SMILES string of the molecule is CCOC(=O)c1cc(C(=O)NC(C)CC)cc(C(=O)OCC)c1. The van der Waals surface area contributed by atoms with Gasteiger partial charge in [-0.05, 0) is 45.4 Å². The Morgan fingerprint density at radius 2 is 1.35 bits per heavy atom. The van der Waals surface area contributed by atoms with Gasteiger partial charge in [0.2, 0.25) is 0 Å². The number of hydrogen-bond acceptors (Lipinski definition) is 5. The Labute approximate surface area is 136 Å². The monoisotopic (exact) mass is 321 g/mol. The van der Waals surface area contributed by atoms with Gasteiger partial charge in [-0.15, -0.1) is 0 Å². The normalized spacial score (nSPS) is 11.5. The Kier molecular flexibility index (Phi) is 7.25. The van der Waals surface area contributed by atoms with Crippen LogP contribution in [0.1, 0.15) is 65.2 Å².